The third-order valence-electron chi connectivity index (χ3n) is 7.39. The zero-order valence-corrected chi connectivity index (χ0v) is 21.4. The molecule has 7 rings (SSSR count). The largest absolute Gasteiger partial charge is 0.460 e. The van der Waals surface area contributed by atoms with Crippen LogP contribution in [0.1, 0.15) is 11.5 Å². The summed E-state index contributed by atoms with van der Waals surface area (Å²) in [6.07, 6.45) is 0. The van der Waals surface area contributed by atoms with E-state index in [0.29, 0.717) is 0 Å². The van der Waals surface area contributed by atoms with E-state index in [4.69, 9.17) is 8.83 Å². The number of hydrogen-bond acceptors (Lipinski definition) is 2. The highest BCUT2D eigenvalue weighted by Crippen LogP contribution is 2.42. The topological polar surface area (TPSA) is 26.3 Å². The van der Waals surface area contributed by atoms with Gasteiger partial charge in [0.1, 0.15) is 22.7 Å². The SMILES string of the molecule is Cc1oc2c(-c3cccc(-c4cccc5c(-c6ccccc6)c(C)oc45)c3)cccc2c1-c1ccccc1. The number of aryl methyl sites for hydroxylation is 2. The van der Waals surface area contributed by atoms with Gasteiger partial charge >= 0.3 is 0 Å². The summed E-state index contributed by atoms with van der Waals surface area (Å²) in [7, 11) is 0. The van der Waals surface area contributed by atoms with E-state index in [1.165, 1.54) is 11.1 Å². The smallest absolute Gasteiger partial charge is 0.142 e. The summed E-state index contributed by atoms with van der Waals surface area (Å²) in [5, 5.41) is 2.26. The van der Waals surface area contributed by atoms with E-state index >= 15 is 0 Å². The number of hydrogen-bond donors (Lipinski definition) is 0. The first-order valence-corrected chi connectivity index (χ1v) is 12.9. The van der Waals surface area contributed by atoms with Crippen molar-refractivity contribution in [2.75, 3.05) is 0 Å². The van der Waals surface area contributed by atoms with Gasteiger partial charge in [-0.3, -0.25) is 0 Å². The predicted molar refractivity (Wildman–Crippen MR) is 157 cm³/mol. The molecule has 0 unspecified atom stereocenters. The Bertz CT molecular complexity index is 1780. The molecule has 5 aromatic carbocycles. The van der Waals surface area contributed by atoms with Crippen molar-refractivity contribution in [3.63, 3.8) is 0 Å². The van der Waals surface area contributed by atoms with Crippen molar-refractivity contribution in [1.82, 2.24) is 0 Å². The molecular formula is C36H26O2. The molecule has 0 atom stereocenters. The van der Waals surface area contributed by atoms with Gasteiger partial charge in [-0.15, -0.1) is 0 Å². The van der Waals surface area contributed by atoms with E-state index in [0.717, 1.165) is 66.8 Å². The normalized spacial score (nSPS) is 11.4. The zero-order chi connectivity index (χ0) is 25.6. The minimum Gasteiger partial charge on any atom is -0.460 e. The van der Waals surface area contributed by atoms with Crippen LogP contribution in [0, 0.1) is 13.8 Å². The second kappa shape index (κ2) is 8.93. The fourth-order valence-electron chi connectivity index (χ4n) is 5.71. The lowest BCUT2D eigenvalue weighted by molar-refractivity contribution is 0.580. The molecule has 38 heavy (non-hydrogen) atoms. The Labute approximate surface area is 221 Å². The van der Waals surface area contributed by atoms with Crippen LogP contribution in [-0.2, 0) is 0 Å². The van der Waals surface area contributed by atoms with Crippen LogP contribution < -0.4 is 0 Å². The lowest BCUT2D eigenvalue weighted by Gasteiger charge is -2.08. The van der Waals surface area contributed by atoms with E-state index in [1.54, 1.807) is 0 Å². The Balaban J connectivity index is 1.38. The molecule has 0 aliphatic carbocycles. The summed E-state index contributed by atoms with van der Waals surface area (Å²) >= 11 is 0. The highest BCUT2D eigenvalue weighted by molar-refractivity contribution is 6.05. The highest BCUT2D eigenvalue weighted by Gasteiger charge is 2.19. The number of para-hydroxylation sites is 2. The first-order chi connectivity index (χ1) is 18.7. The Morgan fingerprint density at radius 3 is 1.24 bits per heavy atom. The number of furan rings is 2. The summed E-state index contributed by atoms with van der Waals surface area (Å²) in [5.41, 5.74) is 10.9. The molecule has 0 saturated carbocycles. The average molecular weight is 491 g/mol. The van der Waals surface area contributed by atoms with Crippen molar-refractivity contribution in [2.24, 2.45) is 0 Å². The molecule has 7 aromatic rings. The average Bonchev–Trinajstić information content (AvgIpc) is 3.49. The van der Waals surface area contributed by atoms with E-state index < -0.39 is 0 Å². The molecule has 0 bridgehead atoms. The summed E-state index contributed by atoms with van der Waals surface area (Å²) in [5.74, 6) is 1.86. The summed E-state index contributed by atoms with van der Waals surface area (Å²) in [4.78, 5) is 0. The second-order valence-corrected chi connectivity index (χ2v) is 9.74. The molecule has 0 N–H and O–H groups in total. The van der Waals surface area contributed by atoms with Gasteiger partial charge in [0.2, 0.25) is 0 Å². The molecule has 0 aliphatic heterocycles. The van der Waals surface area contributed by atoms with Gasteiger partial charge in [0.15, 0.2) is 0 Å². The van der Waals surface area contributed by atoms with Crippen LogP contribution in [0.5, 0.6) is 0 Å². The zero-order valence-electron chi connectivity index (χ0n) is 21.4. The number of benzene rings is 5. The van der Waals surface area contributed by atoms with Gasteiger partial charge in [-0.05, 0) is 42.2 Å². The molecule has 2 nitrogen and oxygen atoms in total. The van der Waals surface area contributed by atoms with Crippen molar-refractivity contribution in [2.45, 2.75) is 13.8 Å². The van der Waals surface area contributed by atoms with Gasteiger partial charge in [-0.25, -0.2) is 0 Å². The first kappa shape index (κ1) is 22.4. The van der Waals surface area contributed by atoms with Crippen LogP contribution in [0.15, 0.2) is 130 Å². The van der Waals surface area contributed by atoms with Gasteiger partial charge < -0.3 is 8.83 Å². The molecule has 182 valence electrons. The molecule has 0 saturated heterocycles. The Kier molecular flexibility index (Phi) is 5.26. The minimum atomic E-state index is 0.916. The summed E-state index contributed by atoms with van der Waals surface area (Å²) in [6, 6.07) is 42.4. The van der Waals surface area contributed by atoms with Crippen molar-refractivity contribution in [1.29, 1.82) is 0 Å². The Morgan fingerprint density at radius 1 is 0.395 bits per heavy atom. The molecule has 2 heterocycles. The fraction of sp³-hybridized carbons (Fsp3) is 0.0556. The first-order valence-electron chi connectivity index (χ1n) is 12.9. The predicted octanol–water partition coefficient (Wildman–Crippen LogP) is 10.5. The monoisotopic (exact) mass is 490 g/mol. The highest BCUT2D eigenvalue weighted by atomic mass is 16.3. The molecule has 0 amide bonds. The van der Waals surface area contributed by atoms with Crippen LogP contribution in [-0.4, -0.2) is 0 Å². The molecule has 0 fully saturated rings. The quantitative estimate of drug-likeness (QED) is 0.245. The van der Waals surface area contributed by atoms with E-state index in [9.17, 15) is 0 Å². The van der Waals surface area contributed by atoms with Crippen molar-refractivity contribution in [3.05, 3.63) is 133 Å². The van der Waals surface area contributed by atoms with Crippen LogP contribution in [0.4, 0.5) is 0 Å². The van der Waals surface area contributed by atoms with Crippen LogP contribution in [0.25, 0.3) is 66.4 Å². The molecule has 0 aliphatic rings. The van der Waals surface area contributed by atoms with E-state index in [2.05, 4.69) is 109 Å². The minimum absolute atomic E-state index is 0.916. The van der Waals surface area contributed by atoms with Gasteiger partial charge in [-0.1, -0.05) is 115 Å². The summed E-state index contributed by atoms with van der Waals surface area (Å²) < 4.78 is 12.8. The van der Waals surface area contributed by atoms with Crippen LogP contribution >= 0.6 is 0 Å². The van der Waals surface area contributed by atoms with Gasteiger partial charge in [0.25, 0.3) is 0 Å². The van der Waals surface area contributed by atoms with E-state index in [1.807, 2.05) is 26.0 Å². The number of fused-ring (bicyclic) bond motifs is 2. The maximum Gasteiger partial charge on any atom is 0.142 e. The molecular weight excluding hydrogens is 464 g/mol. The summed E-state index contributed by atoms with van der Waals surface area (Å²) in [6.45, 7) is 4.10. The molecule has 0 radical (unpaired) electrons. The lowest BCUT2D eigenvalue weighted by atomic mass is 9.95. The standard InChI is InChI=1S/C36H26O2/c1-23-33(25-12-5-3-6-13-25)31-20-10-18-29(35(31)37-23)27-16-9-17-28(22-27)30-19-11-21-32-34(24(2)38-36(30)32)26-14-7-4-8-15-26/h3-22H,1-2H3. The van der Waals surface area contributed by atoms with Crippen molar-refractivity contribution in [3.8, 4) is 44.5 Å². The molecule has 2 aromatic heterocycles. The van der Waals surface area contributed by atoms with Crippen molar-refractivity contribution >= 4 is 21.9 Å². The molecule has 0 spiro atoms. The Morgan fingerprint density at radius 2 is 0.789 bits per heavy atom. The Hall–Kier alpha value is -4.82. The fourth-order valence-corrected chi connectivity index (χ4v) is 5.71. The van der Waals surface area contributed by atoms with Gasteiger partial charge in [0, 0.05) is 33.0 Å². The maximum absolute atomic E-state index is 6.40. The third-order valence-corrected chi connectivity index (χ3v) is 7.39. The molecule has 2 heteroatoms. The van der Waals surface area contributed by atoms with Crippen LogP contribution in [0.2, 0.25) is 0 Å². The number of rotatable bonds is 4. The lowest BCUT2D eigenvalue weighted by Crippen LogP contribution is -1.84. The van der Waals surface area contributed by atoms with Gasteiger partial charge in [0.05, 0.1) is 0 Å². The van der Waals surface area contributed by atoms with Crippen molar-refractivity contribution < 1.29 is 8.83 Å². The second-order valence-electron chi connectivity index (χ2n) is 9.74. The third kappa shape index (κ3) is 3.57. The van der Waals surface area contributed by atoms with E-state index in [-0.39, 0.29) is 0 Å². The van der Waals surface area contributed by atoms with Gasteiger partial charge in [-0.2, -0.15) is 0 Å². The maximum atomic E-state index is 6.40. The van der Waals surface area contributed by atoms with Crippen LogP contribution in [0.3, 0.4) is 0 Å².